The fourth-order valence-electron chi connectivity index (χ4n) is 4.16. The summed E-state index contributed by atoms with van der Waals surface area (Å²) >= 11 is 0. The van der Waals surface area contributed by atoms with Crippen molar-refractivity contribution in [2.45, 2.75) is 26.3 Å². The highest BCUT2D eigenvalue weighted by Gasteiger charge is 2.34. The van der Waals surface area contributed by atoms with Crippen LogP contribution >= 0.6 is 0 Å². The Morgan fingerprint density at radius 2 is 1.87 bits per heavy atom. The largest absolute Gasteiger partial charge is 0.495 e. The summed E-state index contributed by atoms with van der Waals surface area (Å²) in [5.74, 6) is -3.70. The molecular formula is C22H21F3N4O2. The van der Waals surface area contributed by atoms with Gasteiger partial charge in [0.15, 0.2) is 17.5 Å². The molecule has 2 aromatic heterocycles. The molecule has 0 aliphatic carbocycles. The molecule has 31 heavy (non-hydrogen) atoms. The zero-order valence-electron chi connectivity index (χ0n) is 17.5. The van der Waals surface area contributed by atoms with Gasteiger partial charge in [-0.05, 0) is 32.4 Å². The van der Waals surface area contributed by atoms with Crippen LogP contribution < -0.4 is 4.74 Å². The van der Waals surface area contributed by atoms with Crippen LogP contribution in [0.4, 0.5) is 13.2 Å². The lowest BCUT2D eigenvalue weighted by Gasteiger charge is -2.33. The van der Waals surface area contributed by atoms with E-state index in [2.05, 4.69) is 10.1 Å². The van der Waals surface area contributed by atoms with E-state index in [0.717, 1.165) is 17.7 Å². The Hall–Kier alpha value is -3.36. The van der Waals surface area contributed by atoms with E-state index in [1.807, 2.05) is 6.92 Å². The van der Waals surface area contributed by atoms with E-state index in [1.165, 1.54) is 18.0 Å². The minimum absolute atomic E-state index is 0.201. The molecule has 162 valence electrons. The molecule has 3 aromatic rings. The molecule has 1 aromatic carbocycles. The Kier molecular flexibility index (Phi) is 5.20. The molecule has 0 spiro atoms. The first-order valence-corrected chi connectivity index (χ1v) is 9.74. The summed E-state index contributed by atoms with van der Waals surface area (Å²) in [5, 5.41) is 4.52. The van der Waals surface area contributed by atoms with Gasteiger partial charge >= 0.3 is 0 Å². The summed E-state index contributed by atoms with van der Waals surface area (Å²) in [7, 11) is 3.17. The third-order valence-corrected chi connectivity index (χ3v) is 5.78. The van der Waals surface area contributed by atoms with E-state index in [4.69, 9.17) is 4.74 Å². The first-order valence-electron chi connectivity index (χ1n) is 9.74. The van der Waals surface area contributed by atoms with Crippen molar-refractivity contribution >= 4 is 5.91 Å². The van der Waals surface area contributed by atoms with Crippen molar-refractivity contribution in [2.75, 3.05) is 13.7 Å². The molecule has 0 fully saturated rings. The maximum atomic E-state index is 13.8. The predicted molar refractivity (Wildman–Crippen MR) is 107 cm³/mol. The minimum Gasteiger partial charge on any atom is -0.495 e. The van der Waals surface area contributed by atoms with Gasteiger partial charge in [-0.3, -0.25) is 14.5 Å². The second-order valence-corrected chi connectivity index (χ2v) is 7.53. The summed E-state index contributed by atoms with van der Waals surface area (Å²) in [6.07, 6.45) is 3.50. The Bertz CT molecular complexity index is 1170. The maximum Gasteiger partial charge on any atom is 0.256 e. The van der Waals surface area contributed by atoms with Crippen molar-refractivity contribution in [3.8, 4) is 17.0 Å². The van der Waals surface area contributed by atoms with Crippen molar-refractivity contribution < 1.29 is 22.7 Å². The first-order chi connectivity index (χ1) is 14.7. The van der Waals surface area contributed by atoms with Crippen LogP contribution in [0, 0.1) is 24.4 Å². The summed E-state index contributed by atoms with van der Waals surface area (Å²) in [5.41, 5.74) is 3.26. The number of halogens is 3. The van der Waals surface area contributed by atoms with Gasteiger partial charge < -0.3 is 9.64 Å². The van der Waals surface area contributed by atoms with Crippen LogP contribution in [0.2, 0.25) is 0 Å². The topological polar surface area (TPSA) is 60.2 Å². The number of aryl methyl sites for hydroxylation is 1. The van der Waals surface area contributed by atoms with Crippen LogP contribution in [0.5, 0.6) is 5.75 Å². The Balaban J connectivity index is 1.72. The van der Waals surface area contributed by atoms with Gasteiger partial charge in [-0.1, -0.05) is 0 Å². The molecule has 1 atom stereocenters. The Morgan fingerprint density at radius 1 is 1.19 bits per heavy atom. The minimum atomic E-state index is -1.51. The lowest BCUT2D eigenvalue weighted by Crippen LogP contribution is -2.39. The zero-order valence-corrected chi connectivity index (χ0v) is 17.5. The monoisotopic (exact) mass is 430 g/mol. The van der Waals surface area contributed by atoms with E-state index >= 15 is 0 Å². The highest BCUT2D eigenvalue weighted by molar-refractivity contribution is 5.96. The van der Waals surface area contributed by atoms with Crippen LogP contribution in [0.25, 0.3) is 11.3 Å². The molecule has 6 nitrogen and oxygen atoms in total. The molecule has 0 saturated carbocycles. The summed E-state index contributed by atoms with van der Waals surface area (Å²) in [6, 6.07) is 1.55. The van der Waals surface area contributed by atoms with Gasteiger partial charge in [0.05, 0.1) is 36.3 Å². The zero-order chi connectivity index (χ0) is 22.4. The number of hydrogen-bond donors (Lipinski definition) is 0. The lowest BCUT2D eigenvalue weighted by molar-refractivity contribution is 0.0672. The quantitative estimate of drug-likeness (QED) is 0.590. The second kappa shape index (κ2) is 7.72. The van der Waals surface area contributed by atoms with Gasteiger partial charge in [-0.2, -0.15) is 5.10 Å². The van der Waals surface area contributed by atoms with Gasteiger partial charge in [0.2, 0.25) is 0 Å². The molecule has 0 radical (unpaired) electrons. The van der Waals surface area contributed by atoms with E-state index in [1.54, 1.807) is 25.1 Å². The third kappa shape index (κ3) is 3.34. The van der Waals surface area contributed by atoms with Crippen LogP contribution in [-0.2, 0) is 13.5 Å². The third-order valence-electron chi connectivity index (χ3n) is 5.78. The Morgan fingerprint density at radius 3 is 2.52 bits per heavy atom. The lowest BCUT2D eigenvalue weighted by atomic mass is 9.94. The van der Waals surface area contributed by atoms with Crippen molar-refractivity contribution in [3.05, 3.63) is 64.4 Å². The molecule has 0 bridgehead atoms. The smallest absolute Gasteiger partial charge is 0.256 e. The number of hydrogen-bond acceptors (Lipinski definition) is 4. The number of fused-ring (bicyclic) bond motifs is 1. The Labute approximate surface area is 177 Å². The fourth-order valence-corrected chi connectivity index (χ4v) is 4.16. The van der Waals surface area contributed by atoms with Crippen LogP contribution in [0.1, 0.15) is 40.1 Å². The number of carbonyl (C=O) groups excluding carboxylic acids is 1. The number of carbonyl (C=O) groups is 1. The second-order valence-electron chi connectivity index (χ2n) is 7.53. The maximum absolute atomic E-state index is 13.8. The first kappa shape index (κ1) is 20.9. The number of methoxy groups -OCH3 is 1. The van der Waals surface area contributed by atoms with Gasteiger partial charge in [0.25, 0.3) is 5.91 Å². The number of pyridine rings is 1. The molecule has 3 heterocycles. The molecule has 0 unspecified atom stereocenters. The van der Waals surface area contributed by atoms with Crippen molar-refractivity contribution in [2.24, 2.45) is 7.05 Å². The van der Waals surface area contributed by atoms with E-state index in [9.17, 15) is 18.0 Å². The number of amides is 1. The number of benzene rings is 1. The summed E-state index contributed by atoms with van der Waals surface area (Å²) in [6.45, 7) is 4.03. The highest BCUT2D eigenvalue weighted by Crippen LogP contribution is 2.37. The highest BCUT2D eigenvalue weighted by atomic mass is 19.2. The van der Waals surface area contributed by atoms with Gasteiger partial charge in [-0.15, -0.1) is 0 Å². The molecule has 9 heteroatoms. The van der Waals surface area contributed by atoms with Crippen LogP contribution in [0.15, 0.2) is 24.5 Å². The molecule has 4 rings (SSSR count). The standard InChI is InChI=1S/C22H21F3N4O2/c1-11-15(9-26-10-18(11)31-4)22(30)29-6-5-14-20(12(29)2)27-28(3)21(14)13-7-16(23)19(25)17(24)8-13/h7-10,12H,5-6H2,1-4H3/t12-/m0/s1. The molecule has 1 aliphatic heterocycles. The number of rotatable bonds is 3. The average molecular weight is 430 g/mol. The summed E-state index contributed by atoms with van der Waals surface area (Å²) in [4.78, 5) is 19.0. The summed E-state index contributed by atoms with van der Waals surface area (Å²) < 4.78 is 47.8. The van der Waals surface area contributed by atoms with Crippen LogP contribution in [-0.4, -0.2) is 39.2 Å². The molecule has 0 saturated heterocycles. The fraction of sp³-hybridized carbons (Fsp3) is 0.318. The van der Waals surface area contributed by atoms with E-state index < -0.39 is 17.5 Å². The normalized spacial score (nSPS) is 15.7. The van der Waals surface area contributed by atoms with Gasteiger partial charge in [-0.25, -0.2) is 13.2 Å². The average Bonchev–Trinajstić information content (AvgIpc) is 3.08. The number of nitrogens with zero attached hydrogens (tertiary/aromatic N) is 4. The van der Waals surface area contributed by atoms with Crippen molar-refractivity contribution in [1.29, 1.82) is 0 Å². The van der Waals surface area contributed by atoms with Crippen LogP contribution in [0.3, 0.4) is 0 Å². The molecule has 1 aliphatic rings. The van der Waals surface area contributed by atoms with Gasteiger partial charge in [0, 0.05) is 36.5 Å². The van der Waals surface area contributed by atoms with E-state index in [0.29, 0.717) is 41.2 Å². The predicted octanol–water partition coefficient (Wildman–Crippen LogP) is 3.98. The molecule has 1 amide bonds. The SMILES string of the molecule is COc1cncc(C(=O)N2CCc3c(nn(C)c3-c3cc(F)c(F)c(F)c3)[C@@H]2C)c1C. The van der Waals surface area contributed by atoms with Gasteiger partial charge in [0.1, 0.15) is 5.75 Å². The molecule has 0 N–H and O–H groups in total. The van der Waals surface area contributed by atoms with Crippen molar-refractivity contribution in [3.63, 3.8) is 0 Å². The molecular weight excluding hydrogens is 409 g/mol. The van der Waals surface area contributed by atoms with E-state index in [-0.39, 0.29) is 17.5 Å². The number of ether oxygens (including phenoxy) is 1. The van der Waals surface area contributed by atoms with Crippen molar-refractivity contribution in [1.82, 2.24) is 19.7 Å². The number of aromatic nitrogens is 3.